The fourth-order valence-corrected chi connectivity index (χ4v) is 13.2. The van der Waals surface area contributed by atoms with E-state index in [-0.39, 0.29) is 85.1 Å². The monoisotopic (exact) mass is 1220 g/mol. The first kappa shape index (κ1) is 60.1. The number of amides is 5. The van der Waals surface area contributed by atoms with Crippen LogP contribution in [0.3, 0.4) is 0 Å². The SMILES string of the molecule is CC1(C)CCC(CN2CCN(c3ccc(C(=O)NS(=O)(=O)c4ccc(NCC5CCN(C(=O)CCOCC#Cc6cccc7c6CN(C6CCC(=O)NC6=O)C7=O)CC5)c([N+](=O)[O-])c4)c(Oc4cnc5[nH]ccc5c4)c3)CC2)=C(c2ccc(Cl)cc2)C1. The normalized spacial score (nSPS) is 18.3. The lowest BCUT2D eigenvalue weighted by atomic mass is 9.72. The zero-order chi connectivity index (χ0) is 61.0. The fraction of sp³-hybridized carbons (Fsp3) is 0.375. The summed E-state index contributed by atoms with van der Waals surface area (Å²) in [5, 5.41) is 19.4. The van der Waals surface area contributed by atoms with E-state index < -0.39 is 43.4 Å². The molecule has 4 N–H and O–H groups in total. The van der Waals surface area contributed by atoms with Crippen molar-refractivity contribution in [2.75, 3.05) is 75.8 Å². The van der Waals surface area contributed by atoms with E-state index in [9.17, 15) is 42.5 Å². The second-order valence-electron chi connectivity index (χ2n) is 23.5. The van der Waals surface area contributed by atoms with Crippen LogP contribution in [0.4, 0.5) is 17.1 Å². The lowest BCUT2D eigenvalue weighted by molar-refractivity contribution is -0.384. The summed E-state index contributed by atoms with van der Waals surface area (Å²) in [6, 6.07) is 24.6. The number of sulfonamides is 1. The van der Waals surface area contributed by atoms with Gasteiger partial charge in [0.1, 0.15) is 35.5 Å². The maximum atomic E-state index is 14.2. The number of halogens is 1. The lowest BCUT2D eigenvalue weighted by Crippen LogP contribution is -2.52. The molecule has 87 heavy (non-hydrogen) atoms. The third-order valence-corrected chi connectivity index (χ3v) is 18.6. The van der Waals surface area contributed by atoms with Crippen molar-refractivity contribution in [3.05, 3.63) is 152 Å². The number of pyridine rings is 1. The summed E-state index contributed by atoms with van der Waals surface area (Å²) in [5.41, 5.74) is 6.98. The molecule has 0 bridgehead atoms. The molecule has 5 amide bonds. The number of carbonyl (C=O) groups is 5. The second-order valence-corrected chi connectivity index (χ2v) is 25.6. The van der Waals surface area contributed by atoms with E-state index in [1.54, 1.807) is 47.5 Å². The van der Waals surface area contributed by atoms with E-state index in [1.807, 2.05) is 18.2 Å². The molecule has 3 fully saturated rings. The predicted molar refractivity (Wildman–Crippen MR) is 328 cm³/mol. The number of nitrogens with one attached hydrogen (secondary N) is 4. The second kappa shape index (κ2) is 25.8. The average Bonchev–Trinajstić information content (AvgIpc) is 2.57. The number of allylic oxidation sites excluding steroid dienone is 1. The Bertz CT molecular complexity index is 3900. The van der Waals surface area contributed by atoms with Crippen molar-refractivity contribution in [3.63, 3.8) is 0 Å². The van der Waals surface area contributed by atoms with Gasteiger partial charge in [0.15, 0.2) is 0 Å². The van der Waals surface area contributed by atoms with Crippen LogP contribution in [0.2, 0.25) is 5.02 Å². The van der Waals surface area contributed by atoms with Crippen molar-refractivity contribution in [2.24, 2.45) is 11.3 Å². The van der Waals surface area contributed by atoms with Crippen LogP contribution >= 0.6 is 11.6 Å². The van der Waals surface area contributed by atoms with Gasteiger partial charge in [-0.05, 0) is 127 Å². The van der Waals surface area contributed by atoms with Crippen LogP contribution in [0.25, 0.3) is 16.6 Å². The molecule has 4 aliphatic heterocycles. The number of imide groups is 1. The van der Waals surface area contributed by atoms with Gasteiger partial charge in [-0.3, -0.25) is 44.3 Å². The number of fused-ring (bicyclic) bond motifs is 2. The van der Waals surface area contributed by atoms with Crippen LogP contribution in [0.1, 0.15) is 103 Å². The number of hydrogen-bond donors (Lipinski definition) is 4. The Morgan fingerprint density at radius 2 is 1.72 bits per heavy atom. The van der Waals surface area contributed by atoms with Crippen LogP contribution < -0.4 is 25.0 Å². The summed E-state index contributed by atoms with van der Waals surface area (Å²) in [6.45, 7) is 10.1. The van der Waals surface area contributed by atoms with E-state index in [4.69, 9.17) is 21.1 Å². The highest BCUT2D eigenvalue weighted by molar-refractivity contribution is 7.90. The van der Waals surface area contributed by atoms with E-state index >= 15 is 0 Å². The third kappa shape index (κ3) is 14.0. The van der Waals surface area contributed by atoms with Crippen molar-refractivity contribution >= 4 is 84.8 Å². The molecule has 23 heteroatoms. The summed E-state index contributed by atoms with van der Waals surface area (Å²) >= 11 is 6.27. The minimum Gasteiger partial charge on any atom is -0.455 e. The predicted octanol–water partition coefficient (Wildman–Crippen LogP) is 8.69. The molecule has 4 aromatic carbocycles. The maximum Gasteiger partial charge on any atom is 0.293 e. The molecule has 0 radical (unpaired) electrons. The van der Waals surface area contributed by atoms with Gasteiger partial charge < -0.3 is 34.5 Å². The van der Waals surface area contributed by atoms with Gasteiger partial charge in [0, 0.05) is 111 Å². The quantitative estimate of drug-likeness (QED) is 0.0206. The Labute approximate surface area is 509 Å². The van der Waals surface area contributed by atoms with Gasteiger partial charge in [0.2, 0.25) is 17.7 Å². The number of aromatic amines is 1. The summed E-state index contributed by atoms with van der Waals surface area (Å²) in [4.78, 5) is 91.3. The number of H-pyrrole nitrogens is 1. The van der Waals surface area contributed by atoms with Crippen molar-refractivity contribution in [2.45, 2.75) is 82.7 Å². The van der Waals surface area contributed by atoms with Crippen molar-refractivity contribution in [1.29, 1.82) is 0 Å². The van der Waals surface area contributed by atoms with Gasteiger partial charge in [-0.2, -0.15) is 0 Å². The van der Waals surface area contributed by atoms with E-state index in [0.717, 1.165) is 56.0 Å². The Hall–Kier alpha value is -8.62. The molecule has 1 aliphatic carbocycles. The molecule has 21 nitrogen and oxygen atoms in total. The third-order valence-electron chi connectivity index (χ3n) is 17.0. The Kier molecular flexibility index (Phi) is 17.8. The number of nitro groups is 1. The molecule has 2 aromatic heterocycles. The number of nitro benzene ring substituents is 1. The molecule has 6 heterocycles. The van der Waals surface area contributed by atoms with Gasteiger partial charge in [0.25, 0.3) is 27.5 Å². The summed E-state index contributed by atoms with van der Waals surface area (Å²) in [5.74, 6) is 4.25. The minimum absolute atomic E-state index is 0.0475. The number of piperazine rings is 1. The molecule has 6 aromatic rings. The first-order valence-corrected chi connectivity index (χ1v) is 31.1. The van der Waals surface area contributed by atoms with Gasteiger partial charge in [-0.15, -0.1) is 0 Å². The van der Waals surface area contributed by atoms with Crippen molar-refractivity contribution < 1.29 is 46.8 Å². The number of nitrogens with zero attached hydrogens (tertiary/aromatic N) is 6. The van der Waals surface area contributed by atoms with Crippen LogP contribution in [-0.4, -0.2) is 139 Å². The number of likely N-dealkylation sites (tertiary alicyclic amines) is 1. The number of benzene rings is 4. The molecular weight excluding hydrogens is 1150 g/mol. The smallest absolute Gasteiger partial charge is 0.293 e. The summed E-state index contributed by atoms with van der Waals surface area (Å²) in [7, 11) is -4.67. The molecule has 1 unspecified atom stereocenters. The molecule has 3 saturated heterocycles. The largest absolute Gasteiger partial charge is 0.455 e. The number of ether oxygens (including phenoxy) is 2. The topological polar surface area (TPSA) is 259 Å². The number of anilines is 2. The van der Waals surface area contributed by atoms with E-state index in [2.05, 4.69) is 72.9 Å². The molecule has 5 aliphatic rings. The maximum absolute atomic E-state index is 14.2. The zero-order valence-corrected chi connectivity index (χ0v) is 49.9. The highest BCUT2D eigenvalue weighted by atomic mass is 35.5. The van der Waals surface area contributed by atoms with E-state index in [0.29, 0.717) is 78.7 Å². The number of hydrogen-bond acceptors (Lipinski definition) is 15. The van der Waals surface area contributed by atoms with Crippen LogP contribution in [0, 0.1) is 33.3 Å². The Morgan fingerprint density at radius 3 is 2.49 bits per heavy atom. The summed E-state index contributed by atoms with van der Waals surface area (Å²) < 4.78 is 42.1. The Balaban J connectivity index is 0.675. The van der Waals surface area contributed by atoms with Crippen LogP contribution in [0.15, 0.2) is 114 Å². The van der Waals surface area contributed by atoms with Crippen LogP contribution in [-0.2, 0) is 35.7 Å². The minimum atomic E-state index is -4.67. The van der Waals surface area contributed by atoms with Gasteiger partial charge >= 0.3 is 0 Å². The number of piperidine rings is 2. The summed E-state index contributed by atoms with van der Waals surface area (Å²) in [6.07, 6.45) is 8.17. The Morgan fingerprint density at radius 1 is 0.931 bits per heavy atom. The zero-order valence-electron chi connectivity index (χ0n) is 48.4. The number of rotatable bonds is 18. The molecule has 0 saturated carbocycles. The molecule has 1 atom stereocenters. The van der Waals surface area contributed by atoms with Gasteiger partial charge in [0.05, 0.1) is 34.6 Å². The first-order valence-electron chi connectivity index (χ1n) is 29.2. The average molecular weight is 1220 g/mol. The first-order chi connectivity index (χ1) is 41.8. The molecule has 0 spiro atoms. The molecule has 11 rings (SSSR count). The lowest BCUT2D eigenvalue weighted by Gasteiger charge is -2.39. The highest BCUT2D eigenvalue weighted by Gasteiger charge is 2.40. The van der Waals surface area contributed by atoms with Crippen molar-refractivity contribution in [1.82, 2.24) is 34.7 Å². The van der Waals surface area contributed by atoms with Crippen LogP contribution in [0.5, 0.6) is 11.5 Å². The fourth-order valence-electron chi connectivity index (χ4n) is 12.1. The van der Waals surface area contributed by atoms with Gasteiger partial charge in [-0.1, -0.05) is 61.1 Å². The van der Waals surface area contributed by atoms with Crippen molar-refractivity contribution in [3.8, 4) is 23.3 Å². The number of aromatic nitrogens is 2. The standard InChI is InChI=1S/C64H67ClN10O11S/c1-64(2)23-18-45(52(36-64)43-8-10-46(65)11-9-43)39-71-27-29-72(30-28-71)47-12-14-51(57(34-47)86-48-33-44-19-24-66-60(44)68-38-48)61(78)70-87(83,84)49-13-15-54(56(35-49)75(81)82)67-37-41-20-25-73(26-21-41)59(77)22-32-85-31-4-6-42-5-3-7-50-53(42)40-74(63(50)80)55-16-17-58(76)69-62(55)79/h3,5,7-15,19,24,33-35,38,41,55,67H,16-18,20-23,25-32,36-37,39-40H2,1-2H3,(H,66,68)(H,70,78)(H,69,76,79). The van der Waals surface area contributed by atoms with E-state index in [1.165, 1.54) is 46.0 Å². The van der Waals surface area contributed by atoms with Gasteiger partial charge in [-0.25, -0.2) is 18.1 Å². The highest BCUT2D eigenvalue weighted by Crippen LogP contribution is 2.44. The molecular formula is C64H67ClN10O11S. The molecule has 452 valence electrons. The number of carbonyl (C=O) groups excluding carboxylic acids is 5.